The summed E-state index contributed by atoms with van der Waals surface area (Å²) in [5.41, 5.74) is 2.02. The van der Waals surface area contributed by atoms with Crippen molar-refractivity contribution >= 4 is 23.5 Å². The summed E-state index contributed by atoms with van der Waals surface area (Å²) >= 11 is 6.13. The second-order valence-electron chi connectivity index (χ2n) is 10.2. The van der Waals surface area contributed by atoms with Gasteiger partial charge in [-0.15, -0.1) is 0 Å². The number of hydrogen-bond acceptors (Lipinski definition) is 8. The molecule has 2 fully saturated rings. The van der Waals surface area contributed by atoms with Crippen molar-refractivity contribution in [3.8, 4) is 11.5 Å². The van der Waals surface area contributed by atoms with Gasteiger partial charge in [0, 0.05) is 43.7 Å². The predicted molar refractivity (Wildman–Crippen MR) is 136 cm³/mol. The molecule has 3 heterocycles. The largest absolute Gasteiger partial charge is 0.508 e. The van der Waals surface area contributed by atoms with E-state index in [1.807, 2.05) is 18.2 Å². The maximum atomic E-state index is 13.1. The number of likely N-dealkylation sites (tertiary alicyclic amines) is 2. The van der Waals surface area contributed by atoms with Gasteiger partial charge in [-0.2, -0.15) is 0 Å². The first-order valence-corrected chi connectivity index (χ1v) is 13.0. The Bertz CT molecular complexity index is 1220. The van der Waals surface area contributed by atoms with Crippen LogP contribution in [0.1, 0.15) is 40.7 Å². The maximum Gasteiger partial charge on any atom is 0.326 e. The number of nitrogens with zero attached hydrogens (tertiary/aromatic N) is 2. The Kier molecular flexibility index (Phi) is 7.52. The minimum absolute atomic E-state index is 0.0341. The molecule has 38 heavy (non-hydrogen) atoms. The summed E-state index contributed by atoms with van der Waals surface area (Å²) in [6, 6.07) is 8.64. The number of phenolic OH excluding ortho intramolecular Hbond substituents is 1. The number of aliphatic hydroxyl groups is 2. The summed E-state index contributed by atoms with van der Waals surface area (Å²) < 4.78 is 11.9. The molecule has 1 amide bonds. The lowest BCUT2D eigenvalue weighted by atomic mass is 9.84. The number of carbonyl (C=O) groups excluding carboxylic acids is 1. The molecule has 1 spiro atoms. The average Bonchev–Trinajstić information content (AvgIpc) is 3.44. The number of piperidine rings is 1. The van der Waals surface area contributed by atoms with Crippen molar-refractivity contribution < 1.29 is 39.5 Å². The molecule has 0 aliphatic carbocycles. The molecule has 1 unspecified atom stereocenters. The van der Waals surface area contributed by atoms with Crippen LogP contribution in [0.4, 0.5) is 0 Å². The SMILES string of the molecule is O=C(O)C1C[C@@H](O)CN1C(=O)c1ccc(O)cc1OC[C@@H](O)CN1CCC2(CC1)OCc1cc(Cl)ccc12. The van der Waals surface area contributed by atoms with E-state index in [1.165, 1.54) is 23.8 Å². The molecule has 0 saturated carbocycles. The highest BCUT2D eigenvalue weighted by molar-refractivity contribution is 6.30. The molecule has 2 aromatic carbocycles. The normalized spacial score (nSPS) is 23.4. The van der Waals surface area contributed by atoms with E-state index in [0.717, 1.165) is 36.4 Å². The fraction of sp³-hybridized carbons (Fsp3) is 0.481. The number of phenols is 1. The average molecular weight is 547 g/mol. The number of halogens is 1. The number of benzene rings is 2. The predicted octanol–water partition coefficient (Wildman–Crippen LogP) is 1.97. The number of aliphatic carboxylic acids is 1. The number of β-amino-alcohol motifs (C(OH)–C–C–N with tert-alkyl or cyclic N) is 2. The van der Waals surface area contributed by atoms with Gasteiger partial charge in [0.1, 0.15) is 30.3 Å². The van der Waals surface area contributed by atoms with Gasteiger partial charge in [0.05, 0.1) is 23.9 Å². The highest BCUT2D eigenvalue weighted by Gasteiger charge is 2.43. The fourth-order valence-corrected chi connectivity index (χ4v) is 5.90. The van der Waals surface area contributed by atoms with Gasteiger partial charge in [-0.05, 0) is 48.2 Å². The Morgan fingerprint density at radius 2 is 1.95 bits per heavy atom. The lowest BCUT2D eigenvalue weighted by Gasteiger charge is -2.39. The number of aromatic hydroxyl groups is 1. The molecule has 3 aliphatic rings. The van der Waals surface area contributed by atoms with Crippen LogP contribution in [0.15, 0.2) is 36.4 Å². The number of carbonyl (C=O) groups is 2. The van der Waals surface area contributed by atoms with E-state index in [1.54, 1.807) is 0 Å². The summed E-state index contributed by atoms with van der Waals surface area (Å²) in [7, 11) is 0. The molecular weight excluding hydrogens is 516 g/mol. The molecule has 4 N–H and O–H groups in total. The number of amides is 1. The molecule has 3 atom stereocenters. The molecule has 2 saturated heterocycles. The van der Waals surface area contributed by atoms with Crippen molar-refractivity contribution in [1.29, 1.82) is 0 Å². The summed E-state index contributed by atoms with van der Waals surface area (Å²) in [6.45, 7) is 2.10. The lowest BCUT2D eigenvalue weighted by Crippen LogP contribution is -2.46. The molecule has 0 bridgehead atoms. The summed E-state index contributed by atoms with van der Waals surface area (Å²) in [5, 5.41) is 40.7. The van der Waals surface area contributed by atoms with Crippen molar-refractivity contribution in [3.05, 3.63) is 58.1 Å². The van der Waals surface area contributed by atoms with Crippen LogP contribution in [-0.2, 0) is 21.7 Å². The number of carboxylic acids is 1. The minimum Gasteiger partial charge on any atom is -0.508 e. The number of rotatable bonds is 7. The number of fused-ring (bicyclic) bond motifs is 2. The smallest absolute Gasteiger partial charge is 0.326 e. The lowest BCUT2D eigenvalue weighted by molar-refractivity contribution is -0.141. The Balaban J connectivity index is 1.18. The highest BCUT2D eigenvalue weighted by atomic mass is 35.5. The fourth-order valence-electron chi connectivity index (χ4n) is 5.70. The van der Waals surface area contributed by atoms with E-state index in [4.69, 9.17) is 21.1 Å². The summed E-state index contributed by atoms with van der Waals surface area (Å²) in [6.07, 6.45) is -0.298. The zero-order chi connectivity index (χ0) is 27.0. The number of carboxylic acid groups (broad SMARTS) is 1. The number of ether oxygens (including phenoxy) is 2. The molecular formula is C27H31ClN2O8. The molecule has 204 valence electrons. The molecule has 5 rings (SSSR count). The van der Waals surface area contributed by atoms with Crippen molar-refractivity contribution in [2.45, 2.75) is 49.7 Å². The summed E-state index contributed by atoms with van der Waals surface area (Å²) in [5.74, 6) is -1.93. The van der Waals surface area contributed by atoms with Crippen LogP contribution in [0.3, 0.4) is 0 Å². The quantitative estimate of drug-likeness (QED) is 0.410. The van der Waals surface area contributed by atoms with Crippen LogP contribution in [0.2, 0.25) is 5.02 Å². The molecule has 3 aliphatic heterocycles. The van der Waals surface area contributed by atoms with Crippen LogP contribution in [0.25, 0.3) is 0 Å². The van der Waals surface area contributed by atoms with Crippen molar-refractivity contribution in [2.24, 2.45) is 0 Å². The van der Waals surface area contributed by atoms with Crippen LogP contribution < -0.4 is 4.74 Å². The van der Waals surface area contributed by atoms with E-state index < -0.39 is 30.1 Å². The van der Waals surface area contributed by atoms with Gasteiger partial charge in [0.25, 0.3) is 5.91 Å². The zero-order valence-corrected chi connectivity index (χ0v) is 21.5. The van der Waals surface area contributed by atoms with E-state index in [0.29, 0.717) is 18.2 Å². The Hall–Kier alpha value is -2.89. The molecule has 10 nitrogen and oxygen atoms in total. The standard InChI is InChI=1S/C27H31ClN2O8/c28-17-1-4-22-16(9-17)14-38-27(22)5-7-29(8-6-27)12-20(33)15-37-24-11-18(31)2-3-21(24)25(34)30-13-19(32)10-23(30)26(35)36/h1-4,9,11,19-20,23,31-33H,5-8,10,12-15H2,(H,35,36)/t19-,20+,23?/m1/s1. The third-order valence-electron chi connectivity index (χ3n) is 7.65. The van der Waals surface area contributed by atoms with E-state index in [9.17, 15) is 30.0 Å². The molecule has 2 aromatic rings. The van der Waals surface area contributed by atoms with Gasteiger partial charge < -0.3 is 39.7 Å². The van der Waals surface area contributed by atoms with E-state index in [2.05, 4.69) is 4.90 Å². The van der Waals surface area contributed by atoms with Gasteiger partial charge in [0.2, 0.25) is 0 Å². The Morgan fingerprint density at radius 3 is 2.68 bits per heavy atom. The zero-order valence-electron chi connectivity index (χ0n) is 20.8. The Labute approximate surface area is 224 Å². The Morgan fingerprint density at radius 1 is 1.18 bits per heavy atom. The molecule has 0 aromatic heterocycles. The monoisotopic (exact) mass is 546 g/mol. The minimum atomic E-state index is -1.20. The van der Waals surface area contributed by atoms with Crippen LogP contribution in [-0.4, -0.2) is 93.1 Å². The number of aliphatic hydroxyl groups excluding tert-OH is 2. The van der Waals surface area contributed by atoms with Gasteiger partial charge in [-0.1, -0.05) is 17.7 Å². The first kappa shape index (κ1) is 26.7. The first-order chi connectivity index (χ1) is 18.1. The van der Waals surface area contributed by atoms with Crippen LogP contribution >= 0.6 is 11.6 Å². The van der Waals surface area contributed by atoms with Crippen molar-refractivity contribution in [3.63, 3.8) is 0 Å². The third kappa shape index (κ3) is 5.32. The van der Waals surface area contributed by atoms with Crippen LogP contribution in [0, 0.1) is 0 Å². The maximum absolute atomic E-state index is 13.1. The topological polar surface area (TPSA) is 140 Å². The van der Waals surface area contributed by atoms with Gasteiger partial charge >= 0.3 is 5.97 Å². The van der Waals surface area contributed by atoms with Gasteiger partial charge in [-0.3, -0.25) is 4.79 Å². The molecule has 11 heteroatoms. The highest BCUT2D eigenvalue weighted by Crippen LogP contribution is 2.44. The van der Waals surface area contributed by atoms with Gasteiger partial charge in [0.15, 0.2) is 0 Å². The van der Waals surface area contributed by atoms with Crippen molar-refractivity contribution in [1.82, 2.24) is 9.80 Å². The van der Waals surface area contributed by atoms with Gasteiger partial charge in [-0.25, -0.2) is 4.79 Å². The second kappa shape index (κ2) is 10.7. The molecule has 0 radical (unpaired) electrons. The van der Waals surface area contributed by atoms with E-state index in [-0.39, 0.29) is 42.2 Å². The second-order valence-corrected chi connectivity index (χ2v) is 10.7. The van der Waals surface area contributed by atoms with Crippen LogP contribution in [0.5, 0.6) is 11.5 Å². The van der Waals surface area contributed by atoms with Crippen molar-refractivity contribution in [2.75, 3.05) is 32.8 Å². The summed E-state index contributed by atoms with van der Waals surface area (Å²) in [4.78, 5) is 27.9. The third-order valence-corrected chi connectivity index (χ3v) is 7.88. The van der Waals surface area contributed by atoms with E-state index >= 15 is 0 Å². The first-order valence-electron chi connectivity index (χ1n) is 12.7. The number of hydrogen-bond donors (Lipinski definition) is 4.